The first kappa shape index (κ1) is 12.2. The molecule has 0 aliphatic heterocycles. The zero-order chi connectivity index (χ0) is 13.4. The molecule has 1 aliphatic rings. The number of nitrogens with zero attached hydrogens (tertiary/aromatic N) is 2. The Morgan fingerprint density at radius 1 is 1.37 bits per heavy atom. The Kier molecular flexibility index (Phi) is 3.03. The van der Waals surface area contributed by atoms with E-state index in [1.165, 1.54) is 0 Å². The van der Waals surface area contributed by atoms with Gasteiger partial charge in [-0.15, -0.1) is 0 Å². The number of halogens is 1. The summed E-state index contributed by atoms with van der Waals surface area (Å²) in [4.78, 5) is 11.0. The van der Waals surface area contributed by atoms with Crippen molar-refractivity contribution >= 4 is 17.6 Å². The summed E-state index contributed by atoms with van der Waals surface area (Å²) in [6, 6.07) is 9.21. The molecule has 4 nitrogen and oxygen atoms in total. The van der Waals surface area contributed by atoms with Crippen LogP contribution in [0.4, 0.5) is 0 Å². The SMILES string of the molecule is O=C(O)c1cc(C2CC2)n(Cc2ccc(Cl)cc2)n1. The summed E-state index contributed by atoms with van der Waals surface area (Å²) in [5.41, 5.74) is 2.20. The summed E-state index contributed by atoms with van der Waals surface area (Å²) in [6.07, 6.45) is 2.23. The van der Waals surface area contributed by atoms with Gasteiger partial charge in [0, 0.05) is 16.6 Å². The third kappa shape index (κ3) is 2.63. The van der Waals surface area contributed by atoms with Gasteiger partial charge in [-0.05, 0) is 36.6 Å². The van der Waals surface area contributed by atoms with Crippen LogP contribution in [0.1, 0.15) is 40.5 Å². The molecule has 5 heteroatoms. The first-order chi connectivity index (χ1) is 9.13. The summed E-state index contributed by atoms with van der Waals surface area (Å²) in [6.45, 7) is 0.580. The lowest BCUT2D eigenvalue weighted by Crippen LogP contribution is -2.07. The van der Waals surface area contributed by atoms with Crippen LogP contribution in [0.15, 0.2) is 30.3 Å². The summed E-state index contributed by atoms with van der Waals surface area (Å²) < 4.78 is 1.80. The number of carbonyl (C=O) groups is 1. The van der Waals surface area contributed by atoms with Gasteiger partial charge < -0.3 is 5.11 Å². The number of hydrogen-bond acceptors (Lipinski definition) is 2. The summed E-state index contributed by atoms with van der Waals surface area (Å²) in [5.74, 6) is -0.510. The van der Waals surface area contributed by atoms with Crippen molar-refractivity contribution in [2.24, 2.45) is 0 Å². The lowest BCUT2D eigenvalue weighted by molar-refractivity contribution is 0.0689. The second-order valence-electron chi connectivity index (χ2n) is 4.82. The number of aromatic nitrogens is 2. The number of carboxylic acids is 1. The van der Waals surface area contributed by atoms with Crippen molar-refractivity contribution in [2.75, 3.05) is 0 Å². The van der Waals surface area contributed by atoms with E-state index >= 15 is 0 Å². The summed E-state index contributed by atoms with van der Waals surface area (Å²) in [5, 5.41) is 13.9. The van der Waals surface area contributed by atoms with Crippen LogP contribution in [-0.2, 0) is 6.54 Å². The van der Waals surface area contributed by atoms with Crippen LogP contribution in [0, 0.1) is 0 Å². The molecule has 1 fully saturated rings. The first-order valence-corrected chi connectivity index (χ1v) is 6.57. The van der Waals surface area contributed by atoms with E-state index in [1.807, 2.05) is 24.3 Å². The average Bonchev–Trinajstić information content (AvgIpc) is 3.13. The molecule has 98 valence electrons. The number of carboxylic acid groups (broad SMARTS) is 1. The Hall–Kier alpha value is -1.81. The lowest BCUT2D eigenvalue weighted by Gasteiger charge is -2.06. The van der Waals surface area contributed by atoms with Crippen molar-refractivity contribution in [1.29, 1.82) is 0 Å². The van der Waals surface area contributed by atoms with Gasteiger partial charge in [0.1, 0.15) is 0 Å². The van der Waals surface area contributed by atoms with Gasteiger partial charge >= 0.3 is 5.97 Å². The Morgan fingerprint density at radius 3 is 2.63 bits per heavy atom. The van der Waals surface area contributed by atoms with Crippen molar-refractivity contribution in [3.63, 3.8) is 0 Å². The molecule has 1 N–H and O–H groups in total. The molecule has 3 rings (SSSR count). The molecule has 0 amide bonds. The minimum absolute atomic E-state index is 0.121. The first-order valence-electron chi connectivity index (χ1n) is 6.19. The van der Waals surface area contributed by atoms with Gasteiger partial charge in [-0.3, -0.25) is 4.68 Å². The second-order valence-corrected chi connectivity index (χ2v) is 5.25. The van der Waals surface area contributed by atoms with Crippen molar-refractivity contribution in [1.82, 2.24) is 9.78 Å². The lowest BCUT2D eigenvalue weighted by atomic mass is 10.2. The van der Waals surface area contributed by atoms with E-state index in [2.05, 4.69) is 5.10 Å². The molecule has 0 spiro atoms. The van der Waals surface area contributed by atoms with Crippen LogP contribution in [0.25, 0.3) is 0 Å². The van der Waals surface area contributed by atoms with E-state index in [-0.39, 0.29) is 5.69 Å². The molecular weight excluding hydrogens is 264 g/mol. The van der Waals surface area contributed by atoms with Gasteiger partial charge in [-0.2, -0.15) is 5.10 Å². The molecule has 0 atom stereocenters. The molecule has 1 aromatic carbocycles. The molecule has 1 aliphatic carbocycles. The van der Waals surface area contributed by atoms with Gasteiger partial charge in [0.2, 0.25) is 0 Å². The van der Waals surface area contributed by atoms with E-state index in [1.54, 1.807) is 10.7 Å². The maximum atomic E-state index is 11.0. The van der Waals surface area contributed by atoms with Crippen LogP contribution in [0.2, 0.25) is 5.02 Å². The molecule has 1 aromatic heterocycles. The fraction of sp³-hybridized carbons (Fsp3) is 0.286. The van der Waals surface area contributed by atoms with Crippen molar-refractivity contribution < 1.29 is 9.90 Å². The third-order valence-corrected chi connectivity index (χ3v) is 3.52. The predicted molar refractivity (Wildman–Crippen MR) is 71.7 cm³/mol. The Balaban J connectivity index is 1.90. The molecule has 0 bridgehead atoms. The summed E-state index contributed by atoms with van der Waals surface area (Å²) >= 11 is 5.85. The standard InChI is InChI=1S/C14H13ClN2O2/c15-11-5-1-9(2-6-11)8-17-13(10-3-4-10)7-12(16-17)14(18)19/h1-2,5-7,10H,3-4,8H2,(H,18,19). The highest BCUT2D eigenvalue weighted by Gasteiger charge is 2.29. The van der Waals surface area contributed by atoms with Crippen LogP contribution in [0.5, 0.6) is 0 Å². The number of rotatable bonds is 4. The number of aromatic carboxylic acids is 1. The summed E-state index contributed by atoms with van der Waals surface area (Å²) in [7, 11) is 0. The molecule has 19 heavy (non-hydrogen) atoms. The van der Waals surface area contributed by atoms with E-state index < -0.39 is 5.97 Å². The Bertz CT molecular complexity index is 615. The minimum atomic E-state index is -0.975. The Labute approximate surface area is 115 Å². The second kappa shape index (κ2) is 4.70. The van der Waals surface area contributed by atoms with Gasteiger partial charge in [-0.1, -0.05) is 23.7 Å². The zero-order valence-electron chi connectivity index (χ0n) is 10.2. The monoisotopic (exact) mass is 276 g/mol. The highest BCUT2D eigenvalue weighted by atomic mass is 35.5. The normalized spacial score (nSPS) is 14.6. The van der Waals surface area contributed by atoms with Gasteiger partial charge in [-0.25, -0.2) is 4.79 Å². The molecule has 0 saturated heterocycles. The van der Waals surface area contributed by atoms with Crippen LogP contribution < -0.4 is 0 Å². The highest BCUT2D eigenvalue weighted by Crippen LogP contribution is 2.40. The van der Waals surface area contributed by atoms with Gasteiger partial charge in [0.15, 0.2) is 5.69 Å². The third-order valence-electron chi connectivity index (χ3n) is 3.27. The predicted octanol–water partition coefficient (Wildman–Crippen LogP) is 3.16. The fourth-order valence-corrected chi connectivity index (χ4v) is 2.26. The van der Waals surface area contributed by atoms with E-state index in [0.717, 1.165) is 24.1 Å². The molecular formula is C14H13ClN2O2. The van der Waals surface area contributed by atoms with E-state index in [9.17, 15) is 4.79 Å². The zero-order valence-corrected chi connectivity index (χ0v) is 11.0. The highest BCUT2D eigenvalue weighted by molar-refractivity contribution is 6.30. The molecule has 0 unspecified atom stereocenters. The number of hydrogen-bond donors (Lipinski definition) is 1. The van der Waals surface area contributed by atoms with E-state index in [4.69, 9.17) is 16.7 Å². The largest absolute Gasteiger partial charge is 0.476 e. The van der Waals surface area contributed by atoms with Crippen molar-refractivity contribution in [3.8, 4) is 0 Å². The molecule has 1 heterocycles. The van der Waals surface area contributed by atoms with Crippen molar-refractivity contribution in [2.45, 2.75) is 25.3 Å². The topological polar surface area (TPSA) is 55.1 Å². The van der Waals surface area contributed by atoms with Crippen molar-refractivity contribution in [3.05, 3.63) is 52.3 Å². The minimum Gasteiger partial charge on any atom is -0.476 e. The quantitative estimate of drug-likeness (QED) is 0.933. The maximum Gasteiger partial charge on any atom is 0.356 e. The van der Waals surface area contributed by atoms with Crippen LogP contribution in [0.3, 0.4) is 0 Å². The maximum absolute atomic E-state index is 11.0. The van der Waals surface area contributed by atoms with Gasteiger partial charge in [0.05, 0.1) is 6.54 Å². The smallest absolute Gasteiger partial charge is 0.356 e. The number of benzene rings is 1. The van der Waals surface area contributed by atoms with Gasteiger partial charge in [0.25, 0.3) is 0 Å². The van der Waals surface area contributed by atoms with Crippen LogP contribution in [-0.4, -0.2) is 20.9 Å². The molecule has 2 aromatic rings. The van der Waals surface area contributed by atoms with E-state index in [0.29, 0.717) is 17.5 Å². The molecule has 1 saturated carbocycles. The fourth-order valence-electron chi connectivity index (χ4n) is 2.13. The Morgan fingerprint density at radius 2 is 2.05 bits per heavy atom. The molecule has 0 radical (unpaired) electrons. The average molecular weight is 277 g/mol. The van der Waals surface area contributed by atoms with Crippen LogP contribution >= 0.6 is 11.6 Å².